The maximum atomic E-state index is 13.1. The van der Waals surface area contributed by atoms with E-state index in [0.29, 0.717) is 19.3 Å². The van der Waals surface area contributed by atoms with Crippen LogP contribution >= 0.6 is 0 Å². The zero-order valence-electron chi connectivity index (χ0n) is 37.3. The number of unbranched alkanes of at least 4 members (excludes halogenated alkanes) is 33. The van der Waals surface area contributed by atoms with Gasteiger partial charge in [0.2, 0.25) is 5.91 Å². The number of hydrogen-bond donors (Lipinski definition) is 3. The molecule has 0 aromatic carbocycles. The number of amides is 1. The molecule has 0 aromatic heterocycles. The van der Waals surface area contributed by atoms with Crippen molar-refractivity contribution in [3.05, 3.63) is 0 Å². The second-order valence-electron chi connectivity index (χ2n) is 17.2. The fourth-order valence-corrected chi connectivity index (χ4v) is 7.90. The Labute approximate surface area is 343 Å². The van der Waals surface area contributed by atoms with Crippen molar-refractivity contribution < 1.29 is 24.5 Å². The van der Waals surface area contributed by atoms with Crippen molar-refractivity contribution in [3.63, 3.8) is 0 Å². The smallest absolute Gasteiger partial charge is 0.306 e. The summed E-state index contributed by atoms with van der Waals surface area (Å²) in [6.45, 7) is 6.49. The molecule has 0 fully saturated rings. The lowest BCUT2D eigenvalue weighted by molar-refractivity contribution is -0.151. The van der Waals surface area contributed by atoms with Gasteiger partial charge in [-0.2, -0.15) is 0 Å². The lowest BCUT2D eigenvalue weighted by Crippen LogP contribution is -2.46. The molecule has 0 aliphatic rings. The first-order valence-corrected chi connectivity index (χ1v) is 24.8. The molecular formula is C49H97NO5. The van der Waals surface area contributed by atoms with E-state index >= 15 is 0 Å². The first kappa shape index (κ1) is 53.9. The number of aliphatic hydroxyl groups is 2. The van der Waals surface area contributed by atoms with Gasteiger partial charge in [-0.25, -0.2) is 0 Å². The molecule has 328 valence electrons. The average molecular weight is 780 g/mol. The molecule has 0 heterocycles. The van der Waals surface area contributed by atoms with Crippen molar-refractivity contribution in [1.82, 2.24) is 5.32 Å². The molecule has 3 N–H and O–H groups in total. The molecule has 1 amide bonds. The monoisotopic (exact) mass is 780 g/mol. The summed E-state index contributed by atoms with van der Waals surface area (Å²) in [5.41, 5.74) is 0. The third-order valence-corrected chi connectivity index (χ3v) is 11.7. The third-order valence-electron chi connectivity index (χ3n) is 11.7. The third kappa shape index (κ3) is 39.5. The van der Waals surface area contributed by atoms with Gasteiger partial charge in [0, 0.05) is 6.42 Å². The van der Waals surface area contributed by atoms with Gasteiger partial charge in [0.15, 0.2) is 0 Å². The highest BCUT2D eigenvalue weighted by molar-refractivity contribution is 5.77. The Bertz CT molecular complexity index is 791. The minimum atomic E-state index is -0.777. The zero-order chi connectivity index (χ0) is 40.3. The van der Waals surface area contributed by atoms with E-state index in [2.05, 4.69) is 26.1 Å². The van der Waals surface area contributed by atoms with Crippen molar-refractivity contribution in [2.75, 3.05) is 6.61 Å². The summed E-state index contributed by atoms with van der Waals surface area (Å²) in [5.74, 6) is -0.454. The molecule has 0 saturated heterocycles. The van der Waals surface area contributed by atoms with E-state index in [1.165, 1.54) is 193 Å². The first-order valence-electron chi connectivity index (χ1n) is 24.8. The summed E-state index contributed by atoms with van der Waals surface area (Å²) in [6.07, 6.45) is 45.8. The zero-order valence-corrected chi connectivity index (χ0v) is 37.3. The van der Waals surface area contributed by atoms with Gasteiger partial charge >= 0.3 is 5.97 Å². The van der Waals surface area contributed by atoms with E-state index in [0.717, 1.165) is 38.5 Å². The molecule has 0 aliphatic carbocycles. The van der Waals surface area contributed by atoms with Crippen molar-refractivity contribution in [1.29, 1.82) is 0 Å². The van der Waals surface area contributed by atoms with Gasteiger partial charge in [0.05, 0.1) is 25.2 Å². The molecule has 0 aromatic rings. The highest BCUT2D eigenvalue weighted by Gasteiger charge is 2.24. The lowest BCUT2D eigenvalue weighted by Gasteiger charge is -2.24. The molecule has 0 rings (SSSR count). The van der Waals surface area contributed by atoms with Crippen LogP contribution in [0.1, 0.15) is 278 Å². The van der Waals surface area contributed by atoms with Crippen molar-refractivity contribution in [2.45, 2.75) is 296 Å². The number of aliphatic hydroxyl groups excluding tert-OH is 2. The van der Waals surface area contributed by atoms with Crippen LogP contribution in [0.15, 0.2) is 0 Å². The Morgan fingerprint density at radius 2 is 0.764 bits per heavy atom. The van der Waals surface area contributed by atoms with Crippen molar-refractivity contribution in [3.8, 4) is 0 Å². The van der Waals surface area contributed by atoms with Crippen LogP contribution in [-0.2, 0) is 14.3 Å². The molecular weight excluding hydrogens is 683 g/mol. The molecule has 55 heavy (non-hydrogen) atoms. The highest BCUT2D eigenvalue weighted by Crippen LogP contribution is 2.18. The summed E-state index contributed by atoms with van der Waals surface area (Å²) in [7, 11) is 0. The quantitative estimate of drug-likeness (QED) is 0.0422. The van der Waals surface area contributed by atoms with Crippen LogP contribution in [0.5, 0.6) is 0 Å². The van der Waals surface area contributed by atoms with Crippen molar-refractivity contribution in [2.24, 2.45) is 0 Å². The fourth-order valence-electron chi connectivity index (χ4n) is 7.90. The van der Waals surface area contributed by atoms with Gasteiger partial charge in [0.25, 0.3) is 0 Å². The predicted molar refractivity (Wildman–Crippen MR) is 237 cm³/mol. The number of carbonyl (C=O) groups is 2. The van der Waals surface area contributed by atoms with Gasteiger partial charge in [-0.05, 0) is 25.7 Å². The molecule has 0 aliphatic heterocycles. The normalized spacial score (nSPS) is 13.2. The maximum Gasteiger partial charge on any atom is 0.306 e. The van der Waals surface area contributed by atoms with Crippen LogP contribution in [0.4, 0.5) is 0 Å². The first-order chi connectivity index (χ1) is 27.0. The van der Waals surface area contributed by atoms with E-state index < -0.39 is 18.2 Å². The summed E-state index contributed by atoms with van der Waals surface area (Å²) in [5, 5.41) is 23.7. The highest BCUT2D eigenvalue weighted by atomic mass is 16.5. The summed E-state index contributed by atoms with van der Waals surface area (Å²) in [4.78, 5) is 26.0. The Kier molecular flexibility index (Phi) is 43.1. The summed E-state index contributed by atoms with van der Waals surface area (Å²) < 4.78 is 5.92. The van der Waals surface area contributed by atoms with Crippen LogP contribution in [0, 0.1) is 0 Å². The predicted octanol–water partition coefficient (Wildman–Crippen LogP) is 14.4. The largest absolute Gasteiger partial charge is 0.462 e. The number of hydrogen-bond acceptors (Lipinski definition) is 5. The van der Waals surface area contributed by atoms with Gasteiger partial charge in [0.1, 0.15) is 6.10 Å². The lowest BCUT2D eigenvalue weighted by atomic mass is 10.0. The molecule has 0 bridgehead atoms. The molecule has 0 spiro atoms. The van der Waals surface area contributed by atoms with Crippen molar-refractivity contribution >= 4 is 11.9 Å². The topological polar surface area (TPSA) is 95.9 Å². The van der Waals surface area contributed by atoms with E-state index in [4.69, 9.17) is 4.74 Å². The van der Waals surface area contributed by atoms with Crippen LogP contribution in [0.2, 0.25) is 0 Å². The molecule has 0 radical (unpaired) electrons. The van der Waals surface area contributed by atoms with Crippen LogP contribution in [-0.4, -0.2) is 46.9 Å². The number of rotatable bonds is 45. The fraction of sp³-hybridized carbons (Fsp3) is 0.959. The SMILES string of the molecule is CCCCCCCCCCCCCCCC(=O)OC(CCCCCCCCCCCCCC)CC(=O)NC(CO)C(O)CCCCCCCCCCCCC. The number of carbonyl (C=O) groups excluding carboxylic acids is 2. The Morgan fingerprint density at radius 1 is 0.455 bits per heavy atom. The Morgan fingerprint density at radius 3 is 1.11 bits per heavy atom. The van der Waals surface area contributed by atoms with Gasteiger partial charge in [-0.15, -0.1) is 0 Å². The van der Waals surface area contributed by atoms with E-state index in [-0.39, 0.29) is 24.9 Å². The molecule has 0 saturated carbocycles. The summed E-state index contributed by atoms with van der Waals surface area (Å²) >= 11 is 0. The van der Waals surface area contributed by atoms with E-state index in [1.54, 1.807) is 0 Å². The average Bonchev–Trinajstić information content (AvgIpc) is 3.18. The second-order valence-corrected chi connectivity index (χ2v) is 17.2. The minimum Gasteiger partial charge on any atom is -0.462 e. The standard InChI is InChI=1S/C49H97NO5/c1-4-7-10-13-16-19-22-24-27-30-33-36-39-42-49(54)55-45(40-37-34-31-28-26-23-20-17-14-11-8-5-2)43-48(53)50-46(44-51)47(52)41-38-35-32-29-25-21-18-15-12-9-6-3/h45-47,51-52H,4-44H2,1-3H3,(H,50,53). The molecule has 6 nitrogen and oxygen atoms in total. The maximum absolute atomic E-state index is 13.1. The number of nitrogens with one attached hydrogen (secondary N) is 1. The number of esters is 1. The van der Waals surface area contributed by atoms with Gasteiger partial charge in [-0.3, -0.25) is 9.59 Å². The Hall–Kier alpha value is -1.14. The van der Waals surface area contributed by atoms with Gasteiger partial charge < -0.3 is 20.3 Å². The van der Waals surface area contributed by atoms with E-state index in [9.17, 15) is 19.8 Å². The Balaban J connectivity index is 4.52. The van der Waals surface area contributed by atoms with E-state index in [1.807, 2.05) is 0 Å². The molecule has 3 unspecified atom stereocenters. The molecule has 3 atom stereocenters. The van der Waals surface area contributed by atoms with Crippen LogP contribution in [0.25, 0.3) is 0 Å². The number of ether oxygens (including phenoxy) is 1. The van der Waals surface area contributed by atoms with Crippen LogP contribution < -0.4 is 5.32 Å². The van der Waals surface area contributed by atoms with Gasteiger partial charge in [-0.1, -0.05) is 239 Å². The molecule has 6 heteroatoms. The summed E-state index contributed by atoms with van der Waals surface area (Å²) in [6, 6.07) is -0.690. The second kappa shape index (κ2) is 44.0. The van der Waals surface area contributed by atoms with Crippen LogP contribution in [0.3, 0.4) is 0 Å². The minimum absolute atomic E-state index is 0.0873.